The Hall–Kier alpha value is -5.20. The van der Waals surface area contributed by atoms with Crippen LogP contribution in [-0.2, 0) is 12.8 Å². The van der Waals surface area contributed by atoms with Gasteiger partial charge in [-0.15, -0.1) is 0 Å². The predicted octanol–water partition coefficient (Wildman–Crippen LogP) is 8.28. The lowest BCUT2D eigenvalue weighted by atomic mass is 10.0. The first-order valence-corrected chi connectivity index (χ1v) is 13.6. The number of aryl methyl sites for hydroxylation is 2. The quantitative estimate of drug-likeness (QED) is 0.0779. The summed E-state index contributed by atoms with van der Waals surface area (Å²) in [7, 11) is 0. The number of benzene rings is 4. The molecule has 0 saturated heterocycles. The summed E-state index contributed by atoms with van der Waals surface area (Å²) in [6.07, 6.45) is 7.56. The molecular formula is C35H30N2O4. The third-order valence-corrected chi connectivity index (χ3v) is 6.68. The molecule has 4 rings (SSSR count). The molecule has 0 heterocycles. The molecule has 6 nitrogen and oxygen atoms in total. The van der Waals surface area contributed by atoms with E-state index in [0.29, 0.717) is 33.9 Å². The Balaban J connectivity index is 1.10. The SMILES string of the molecule is [C-]#[N+]c1ccc(OC(=O)c2ccc(CCCCCCCc3ccc(C(=O)Oc4ccc(C#N)cc4)cc3)cc2)cc1. The summed E-state index contributed by atoms with van der Waals surface area (Å²) >= 11 is 0. The van der Waals surface area contributed by atoms with Crippen LogP contribution in [0.3, 0.4) is 0 Å². The molecule has 0 fully saturated rings. The van der Waals surface area contributed by atoms with Crippen LogP contribution >= 0.6 is 0 Å². The highest BCUT2D eigenvalue weighted by molar-refractivity contribution is 5.91. The van der Waals surface area contributed by atoms with Crippen molar-refractivity contribution in [1.29, 1.82) is 5.26 Å². The van der Waals surface area contributed by atoms with Crippen LogP contribution in [0.25, 0.3) is 4.85 Å². The molecule has 0 saturated carbocycles. The minimum absolute atomic E-state index is 0.412. The van der Waals surface area contributed by atoms with Gasteiger partial charge in [-0.05, 0) is 97.5 Å². The molecule has 0 bridgehead atoms. The predicted molar refractivity (Wildman–Crippen MR) is 157 cm³/mol. The fourth-order valence-electron chi connectivity index (χ4n) is 4.32. The fraction of sp³-hybridized carbons (Fsp3) is 0.200. The first-order chi connectivity index (χ1) is 20.0. The third kappa shape index (κ3) is 8.92. The Bertz CT molecular complexity index is 1410. The van der Waals surface area contributed by atoms with Crippen molar-refractivity contribution in [3.63, 3.8) is 0 Å². The summed E-state index contributed by atoms with van der Waals surface area (Å²) < 4.78 is 10.8. The lowest BCUT2D eigenvalue weighted by Crippen LogP contribution is -2.08. The van der Waals surface area contributed by atoms with E-state index in [0.717, 1.165) is 44.9 Å². The number of unbranched alkanes of at least 4 members (excludes halogenated alkanes) is 4. The van der Waals surface area contributed by atoms with Crippen LogP contribution in [-0.4, -0.2) is 11.9 Å². The molecule has 0 aliphatic carbocycles. The van der Waals surface area contributed by atoms with Gasteiger partial charge in [-0.25, -0.2) is 14.4 Å². The molecule has 4 aromatic rings. The zero-order valence-corrected chi connectivity index (χ0v) is 22.7. The average molecular weight is 543 g/mol. The number of hydrogen-bond donors (Lipinski definition) is 0. The molecule has 204 valence electrons. The van der Waals surface area contributed by atoms with Crippen LogP contribution in [0.1, 0.15) is 69.5 Å². The van der Waals surface area contributed by atoms with Crippen LogP contribution in [0.15, 0.2) is 97.1 Å². The second kappa shape index (κ2) is 14.8. The van der Waals surface area contributed by atoms with Gasteiger partial charge in [0, 0.05) is 0 Å². The Morgan fingerprint density at radius 2 is 1.02 bits per heavy atom. The summed E-state index contributed by atoms with van der Waals surface area (Å²) in [6.45, 7) is 6.98. The second-order valence-corrected chi connectivity index (χ2v) is 9.68. The number of hydrogen-bond acceptors (Lipinski definition) is 5. The number of carbonyl (C=O) groups excluding carboxylic acids is 2. The van der Waals surface area contributed by atoms with Gasteiger partial charge in [-0.3, -0.25) is 0 Å². The van der Waals surface area contributed by atoms with Crippen molar-refractivity contribution >= 4 is 17.6 Å². The fourth-order valence-corrected chi connectivity index (χ4v) is 4.32. The molecule has 0 aromatic heterocycles. The molecule has 0 aliphatic heterocycles. The molecule has 0 spiro atoms. The number of carbonyl (C=O) groups is 2. The van der Waals surface area contributed by atoms with Gasteiger partial charge in [-0.2, -0.15) is 5.26 Å². The Kier molecular flexibility index (Phi) is 10.4. The highest BCUT2D eigenvalue weighted by atomic mass is 16.5. The molecule has 0 aliphatic rings. The normalized spacial score (nSPS) is 10.3. The van der Waals surface area contributed by atoms with Gasteiger partial charge in [0.05, 0.1) is 29.3 Å². The van der Waals surface area contributed by atoms with E-state index in [9.17, 15) is 9.59 Å². The molecule has 0 N–H and O–H groups in total. The standard InChI is InChI=1S/C35H30N2O4/c1-37-31-19-23-33(24-20-31)41-35(39)30-17-11-27(12-18-30)8-6-4-2-3-5-7-26-9-15-29(16-10-26)34(38)40-32-21-13-28(25-36)14-22-32/h9-24H,2-8H2. The molecule has 4 aromatic carbocycles. The van der Waals surface area contributed by atoms with Crippen molar-refractivity contribution in [3.05, 3.63) is 136 Å². The molecule has 0 unspecified atom stereocenters. The van der Waals surface area contributed by atoms with E-state index < -0.39 is 11.9 Å². The number of ether oxygens (including phenoxy) is 2. The Morgan fingerprint density at radius 1 is 0.610 bits per heavy atom. The zero-order chi connectivity index (χ0) is 28.9. The van der Waals surface area contributed by atoms with E-state index in [-0.39, 0.29) is 0 Å². The van der Waals surface area contributed by atoms with Crippen molar-refractivity contribution in [1.82, 2.24) is 0 Å². The first-order valence-electron chi connectivity index (χ1n) is 13.6. The average Bonchev–Trinajstić information content (AvgIpc) is 3.02. The van der Waals surface area contributed by atoms with Gasteiger partial charge in [-0.1, -0.05) is 55.7 Å². The highest BCUT2D eigenvalue weighted by Gasteiger charge is 2.10. The summed E-state index contributed by atoms with van der Waals surface area (Å²) in [5, 5.41) is 8.86. The van der Waals surface area contributed by atoms with E-state index in [1.807, 2.05) is 30.3 Å². The molecule has 41 heavy (non-hydrogen) atoms. The van der Waals surface area contributed by atoms with Crippen molar-refractivity contribution in [2.45, 2.75) is 44.9 Å². The van der Waals surface area contributed by atoms with Gasteiger partial charge in [0.15, 0.2) is 5.69 Å². The summed E-state index contributed by atoms with van der Waals surface area (Å²) in [5.41, 5.74) is 4.40. The third-order valence-electron chi connectivity index (χ3n) is 6.68. The van der Waals surface area contributed by atoms with E-state index in [1.54, 1.807) is 72.8 Å². The van der Waals surface area contributed by atoms with Crippen molar-refractivity contribution < 1.29 is 19.1 Å². The first kappa shape index (κ1) is 28.8. The van der Waals surface area contributed by atoms with Crippen molar-refractivity contribution in [3.8, 4) is 17.6 Å². The van der Waals surface area contributed by atoms with Crippen molar-refractivity contribution in [2.24, 2.45) is 0 Å². The lowest BCUT2D eigenvalue weighted by Gasteiger charge is -2.07. The summed E-state index contributed by atoms with van der Waals surface area (Å²) in [4.78, 5) is 28.1. The maximum atomic E-state index is 12.4. The number of rotatable bonds is 12. The van der Waals surface area contributed by atoms with E-state index in [4.69, 9.17) is 21.3 Å². The second-order valence-electron chi connectivity index (χ2n) is 9.68. The van der Waals surface area contributed by atoms with Gasteiger partial charge < -0.3 is 9.47 Å². The van der Waals surface area contributed by atoms with Crippen molar-refractivity contribution in [2.75, 3.05) is 0 Å². The van der Waals surface area contributed by atoms with Gasteiger partial charge >= 0.3 is 11.9 Å². The van der Waals surface area contributed by atoms with Gasteiger partial charge in [0.2, 0.25) is 0 Å². The number of nitrogens with zero attached hydrogens (tertiary/aromatic N) is 2. The largest absolute Gasteiger partial charge is 0.423 e. The highest BCUT2D eigenvalue weighted by Crippen LogP contribution is 2.20. The van der Waals surface area contributed by atoms with Crippen LogP contribution < -0.4 is 9.47 Å². The maximum absolute atomic E-state index is 12.4. The van der Waals surface area contributed by atoms with Crippen LogP contribution in [0.4, 0.5) is 5.69 Å². The Morgan fingerprint density at radius 3 is 1.44 bits per heavy atom. The smallest absolute Gasteiger partial charge is 0.343 e. The van der Waals surface area contributed by atoms with Gasteiger partial charge in [0.25, 0.3) is 0 Å². The number of nitriles is 1. The zero-order valence-electron chi connectivity index (χ0n) is 22.7. The van der Waals surface area contributed by atoms with E-state index >= 15 is 0 Å². The van der Waals surface area contributed by atoms with Gasteiger partial charge in [0.1, 0.15) is 11.5 Å². The Labute approximate surface area is 240 Å². The number of esters is 2. The minimum atomic E-state index is -0.417. The van der Waals surface area contributed by atoms with E-state index in [2.05, 4.69) is 4.85 Å². The summed E-state index contributed by atoms with van der Waals surface area (Å²) in [5.74, 6) is 0.00508. The van der Waals surface area contributed by atoms with E-state index in [1.165, 1.54) is 11.1 Å². The summed E-state index contributed by atoms with van der Waals surface area (Å²) in [6, 6.07) is 30.0. The topological polar surface area (TPSA) is 80.8 Å². The van der Waals surface area contributed by atoms with Crippen LogP contribution in [0.5, 0.6) is 11.5 Å². The minimum Gasteiger partial charge on any atom is -0.423 e. The monoisotopic (exact) mass is 542 g/mol. The molecular weight excluding hydrogens is 512 g/mol. The van der Waals surface area contributed by atoms with Crippen LogP contribution in [0.2, 0.25) is 0 Å². The molecule has 0 atom stereocenters. The lowest BCUT2D eigenvalue weighted by molar-refractivity contribution is 0.0725. The molecule has 0 radical (unpaired) electrons. The molecule has 0 amide bonds. The maximum Gasteiger partial charge on any atom is 0.343 e. The van der Waals surface area contributed by atoms with Crippen LogP contribution in [0, 0.1) is 17.9 Å². The molecule has 6 heteroatoms.